The van der Waals surface area contributed by atoms with E-state index in [9.17, 15) is 24.2 Å². The van der Waals surface area contributed by atoms with Crippen LogP contribution >= 0.6 is 0 Å². The number of anilines is 1. The second-order valence-electron chi connectivity index (χ2n) is 8.37. The minimum absolute atomic E-state index is 0.0609. The number of carboxylic acid groups (broad SMARTS) is 1. The van der Waals surface area contributed by atoms with Crippen LogP contribution in [0.3, 0.4) is 0 Å². The van der Waals surface area contributed by atoms with Gasteiger partial charge < -0.3 is 24.6 Å². The quantitative estimate of drug-likeness (QED) is 0.787. The first-order valence-corrected chi connectivity index (χ1v) is 9.53. The molecule has 7 nitrogen and oxygen atoms in total. The van der Waals surface area contributed by atoms with Crippen LogP contribution in [0, 0.1) is 11.6 Å². The number of β-amino-alcohol motifs (C(OH)–C–C–N with tert-alkyl or cyclic N) is 1. The molecule has 1 aliphatic heterocycles. The van der Waals surface area contributed by atoms with Crippen molar-refractivity contribution in [3.63, 3.8) is 0 Å². The Labute approximate surface area is 165 Å². The van der Waals surface area contributed by atoms with Gasteiger partial charge in [0.05, 0.1) is 16.5 Å². The molecule has 0 radical (unpaired) electrons. The molecule has 0 spiro atoms. The van der Waals surface area contributed by atoms with E-state index in [0.717, 1.165) is 25.1 Å². The average molecular weight is 407 g/mol. The number of hydrogen-bond acceptors (Lipinski definition) is 5. The SMILES string of the molecule is CN(C)CC1(O)CCN(c2c(F)cc3c(=O)c(C(=O)O)cn(C4CC4)c3c2F)C1. The number of benzene rings is 1. The molecular weight excluding hydrogens is 384 g/mol. The fraction of sp³-hybridized carbons (Fsp3) is 0.500. The Hall–Kier alpha value is -2.52. The standard InChI is InChI=1S/C20H23F2N3O4/c1-23(2)9-20(29)5-6-24(10-20)17-14(21)7-12-16(15(17)22)25(11-3-4-11)8-13(18(12)26)19(27)28/h7-8,11,29H,3-6,9-10H2,1-2H3,(H,27,28). The van der Waals surface area contributed by atoms with Gasteiger partial charge in [-0.05, 0) is 39.4 Å². The highest BCUT2D eigenvalue weighted by atomic mass is 19.1. The van der Waals surface area contributed by atoms with Gasteiger partial charge in [0.25, 0.3) is 0 Å². The van der Waals surface area contributed by atoms with Crippen LogP contribution in [0.1, 0.15) is 35.7 Å². The molecule has 2 fully saturated rings. The number of pyridine rings is 1. The zero-order valence-corrected chi connectivity index (χ0v) is 16.3. The first-order valence-electron chi connectivity index (χ1n) is 9.53. The molecule has 1 saturated heterocycles. The van der Waals surface area contributed by atoms with E-state index >= 15 is 4.39 Å². The lowest BCUT2D eigenvalue weighted by molar-refractivity contribution is 0.0365. The molecule has 1 unspecified atom stereocenters. The van der Waals surface area contributed by atoms with Gasteiger partial charge in [-0.25, -0.2) is 13.6 Å². The summed E-state index contributed by atoms with van der Waals surface area (Å²) in [4.78, 5) is 27.2. The first kappa shape index (κ1) is 19.8. The smallest absolute Gasteiger partial charge is 0.341 e. The van der Waals surface area contributed by atoms with Crippen molar-refractivity contribution in [3.05, 3.63) is 39.7 Å². The molecule has 2 N–H and O–H groups in total. The number of aromatic carboxylic acids is 1. The van der Waals surface area contributed by atoms with E-state index in [1.54, 1.807) is 0 Å². The Kier molecular flexibility index (Phi) is 4.62. The third kappa shape index (κ3) is 3.38. The molecule has 2 heterocycles. The van der Waals surface area contributed by atoms with Gasteiger partial charge in [0.1, 0.15) is 17.1 Å². The van der Waals surface area contributed by atoms with Gasteiger partial charge in [0.15, 0.2) is 5.82 Å². The van der Waals surface area contributed by atoms with E-state index in [4.69, 9.17) is 0 Å². The van der Waals surface area contributed by atoms with E-state index < -0.39 is 34.2 Å². The summed E-state index contributed by atoms with van der Waals surface area (Å²) in [5.41, 5.74) is -2.87. The molecule has 0 amide bonds. The number of aliphatic hydroxyl groups is 1. The van der Waals surface area contributed by atoms with Crippen LogP contribution in [0.25, 0.3) is 10.9 Å². The van der Waals surface area contributed by atoms with Crippen LogP contribution in [0.2, 0.25) is 0 Å². The predicted molar refractivity (Wildman–Crippen MR) is 104 cm³/mol. The van der Waals surface area contributed by atoms with Crippen molar-refractivity contribution in [2.75, 3.05) is 38.6 Å². The van der Waals surface area contributed by atoms with Crippen LogP contribution in [0.4, 0.5) is 14.5 Å². The Morgan fingerprint density at radius 2 is 2.03 bits per heavy atom. The highest BCUT2D eigenvalue weighted by Crippen LogP contribution is 2.40. The number of carbonyl (C=O) groups is 1. The van der Waals surface area contributed by atoms with Gasteiger partial charge in [-0.3, -0.25) is 4.79 Å². The number of likely N-dealkylation sites (N-methyl/N-ethyl adjacent to an activating group) is 1. The van der Waals surface area contributed by atoms with Crippen LogP contribution < -0.4 is 10.3 Å². The van der Waals surface area contributed by atoms with E-state index in [-0.39, 0.29) is 35.7 Å². The Morgan fingerprint density at radius 1 is 1.34 bits per heavy atom. The summed E-state index contributed by atoms with van der Waals surface area (Å²) in [6, 6.07) is 0.804. The van der Waals surface area contributed by atoms with Crippen molar-refractivity contribution in [2.24, 2.45) is 0 Å². The lowest BCUT2D eigenvalue weighted by atomic mass is 10.0. The van der Waals surface area contributed by atoms with E-state index in [0.29, 0.717) is 13.0 Å². The van der Waals surface area contributed by atoms with Crippen LogP contribution in [0.15, 0.2) is 17.1 Å². The number of halogens is 2. The van der Waals surface area contributed by atoms with E-state index in [1.807, 2.05) is 19.0 Å². The van der Waals surface area contributed by atoms with Gasteiger partial charge >= 0.3 is 5.97 Å². The predicted octanol–water partition coefficient (Wildman–Crippen LogP) is 1.82. The van der Waals surface area contributed by atoms with Crippen molar-refractivity contribution >= 4 is 22.6 Å². The highest BCUT2D eigenvalue weighted by Gasteiger charge is 2.39. The normalized spacial score (nSPS) is 22.1. The summed E-state index contributed by atoms with van der Waals surface area (Å²) in [6.07, 6.45) is 2.97. The van der Waals surface area contributed by atoms with Gasteiger partial charge in [-0.1, -0.05) is 0 Å². The molecule has 9 heteroatoms. The summed E-state index contributed by atoms with van der Waals surface area (Å²) >= 11 is 0. The fourth-order valence-corrected chi connectivity index (χ4v) is 4.28. The minimum atomic E-state index is -1.43. The topological polar surface area (TPSA) is 86.0 Å². The maximum atomic E-state index is 15.6. The summed E-state index contributed by atoms with van der Waals surface area (Å²) in [5, 5.41) is 19.8. The largest absolute Gasteiger partial charge is 0.477 e. The first-order chi connectivity index (χ1) is 13.6. The molecule has 4 rings (SSSR count). The molecule has 1 aromatic heterocycles. The second-order valence-corrected chi connectivity index (χ2v) is 8.37. The molecule has 156 valence electrons. The van der Waals surface area contributed by atoms with E-state index in [1.165, 1.54) is 9.47 Å². The van der Waals surface area contributed by atoms with Crippen LogP contribution in [-0.4, -0.2) is 65.0 Å². The number of carboxylic acids is 1. The number of nitrogens with zero attached hydrogens (tertiary/aromatic N) is 3. The summed E-state index contributed by atoms with van der Waals surface area (Å²) in [6.45, 7) is 0.686. The molecule has 1 aliphatic carbocycles. The zero-order chi connectivity index (χ0) is 21.1. The molecule has 29 heavy (non-hydrogen) atoms. The van der Waals surface area contributed by atoms with Crippen LogP contribution in [-0.2, 0) is 0 Å². The zero-order valence-electron chi connectivity index (χ0n) is 16.3. The Bertz CT molecular complexity index is 1060. The number of aromatic nitrogens is 1. The lowest BCUT2D eigenvalue weighted by Crippen LogP contribution is -2.42. The van der Waals surface area contributed by atoms with E-state index in [2.05, 4.69) is 0 Å². The third-order valence-electron chi connectivity index (χ3n) is 5.61. The van der Waals surface area contributed by atoms with Crippen molar-refractivity contribution < 1.29 is 23.8 Å². The Morgan fingerprint density at radius 3 is 2.62 bits per heavy atom. The maximum Gasteiger partial charge on any atom is 0.341 e. The third-order valence-corrected chi connectivity index (χ3v) is 5.61. The van der Waals surface area contributed by atoms with Gasteiger partial charge in [-0.2, -0.15) is 0 Å². The van der Waals surface area contributed by atoms with Gasteiger partial charge in [0, 0.05) is 31.9 Å². The maximum absolute atomic E-state index is 15.6. The molecular formula is C20H23F2N3O4. The van der Waals surface area contributed by atoms with Gasteiger partial charge in [0.2, 0.25) is 5.43 Å². The summed E-state index contributed by atoms with van der Waals surface area (Å²) in [5.74, 6) is -3.26. The van der Waals surface area contributed by atoms with Crippen LogP contribution in [0.5, 0.6) is 0 Å². The lowest BCUT2D eigenvalue weighted by Gasteiger charge is -2.28. The minimum Gasteiger partial charge on any atom is -0.477 e. The highest BCUT2D eigenvalue weighted by molar-refractivity contribution is 5.94. The van der Waals surface area contributed by atoms with Crippen molar-refractivity contribution in [1.29, 1.82) is 0 Å². The molecule has 2 aliphatic rings. The molecule has 2 aromatic rings. The van der Waals surface area contributed by atoms with Crippen molar-refractivity contribution in [2.45, 2.75) is 30.9 Å². The average Bonchev–Trinajstić information content (AvgIpc) is 3.38. The second kappa shape index (κ2) is 6.77. The number of fused-ring (bicyclic) bond motifs is 1. The monoisotopic (exact) mass is 407 g/mol. The number of hydrogen-bond donors (Lipinski definition) is 2. The van der Waals surface area contributed by atoms with Gasteiger partial charge in [-0.15, -0.1) is 0 Å². The molecule has 1 aromatic carbocycles. The number of rotatable bonds is 5. The van der Waals surface area contributed by atoms with Crippen molar-refractivity contribution in [1.82, 2.24) is 9.47 Å². The summed E-state index contributed by atoms with van der Waals surface area (Å²) < 4.78 is 32.0. The fourth-order valence-electron chi connectivity index (χ4n) is 4.28. The Balaban J connectivity index is 1.88. The van der Waals surface area contributed by atoms with Crippen molar-refractivity contribution in [3.8, 4) is 0 Å². The molecule has 0 bridgehead atoms. The molecule has 1 saturated carbocycles. The summed E-state index contributed by atoms with van der Waals surface area (Å²) in [7, 11) is 3.62. The molecule has 1 atom stereocenters.